The normalized spacial score (nSPS) is 12.3. The Kier molecular flexibility index (Phi) is 19.3. The van der Waals surface area contributed by atoms with Crippen LogP contribution in [0.1, 0.15) is 88.1 Å². The second-order valence-corrected chi connectivity index (χ2v) is 18.6. The van der Waals surface area contributed by atoms with Gasteiger partial charge in [0.2, 0.25) is 6.29 Å². The molecule has 2 atom stereocenters. The lowest BCUT2D eigenvalue weighted by molar-refractivity contribution is -0.165. The van der Waals surface area contributed by atoms with Gasteiger partial charge in [0.05, 0.1) is 37.6 Å². The monoisotopic (exact) mass is 921 g/mol. The van der Waals surface area contributed by atoms with Gasteiger partial charge in [-0.3, -0.25) is 23.3 Å². The zero-order valence-corrected chi connectivity index (χ0v) is 40.2. The van der Waals surface area contributed by atoms with Crippen molar-refractivity contribution in [3.63, 3.8) is 0 Å². The molecule has 66 heavy (non-hydrogen) atoms. The standard InChI is InChI=1S/C51H64N5O9P/c1-9-42(43-24-27-47(56(31-36(2)3)32-37(4)5)46(29-43)54-50(58)53-45-25-22-38(6)23-26-45)30-48(57)64-39(7)65-51(59)55(8)49-44(21-16-28-52-49)35-63-66(60,61-33-40-17-12-10-13-18-40)62-34-41-19-14-11-15-20-41/h10-29,36-37,39,42H,9,30-35H2,1-8H3,(H2,53,54,58). The molecule has 0 saturated heterocycles. The number of nitrogens with one attached hydrogen (secondary N) is 2. The van der Waals surface area contributed by atoms with Crippen LogP contribution in [0.2, 0.25) is 0 Å². The number of carbonyl (C=O) groups is 3. The number of phosphoric ester groups is 1. The number of amides is 3. The fourth-order valence-electron chi connectivity index (χ4n) is 7.08. The number of carbonyl (C=O) groups excluding carboxylic acids is 3. The minimum Gasteiger partial charge on any atom is -0.425 e. The molecular weight excluding hydrogens is 858 g/mol. The van der Waals surface area contributed by atoms with E-state index in [-0.39, 0.29) is 44.0 Å². The number of anilines is 4. The number of nitrogens with zero attached hydrogens (tertiary/aromatic N) is 3. The number of pyridine rings is 1. The lowest BCUT2D eigenvalue weighted by Gasteiger charge is -2.31. The van der Waals surface area contributed by atoms with Crippen molar-refractivity contribution < 1.29 is 42.0 Å². The van der Waals surface area contributed by atoms with Crippen LogP contribution in [0.4, 0.5) is 32.5 Å². The summed E-state index contributed by atoms with van der Waals surface area (Å²) < 4.78 is 42.5. The van der Waals surface area contributed by atoms with Crippen molar-refractivity contribution in [3.05, 3.63) is 149 Å². The Morgan fingerprint density at radius 3 is 1.88 bits per heavy atom. The maximum absolute atomic E-state index is 14.0. The quantitative estimate of drug-likeness (QED) is 0.0365. The van der Waals surface area contributed by atoms with Crippen molar-refractivity contribution in [2.75, 3.05) is 40.6 Å². The maximum Gasteiger partial charge on any atom is 0.475 e. The van der Waals surface area contributed by atoms with Gasteiger partial charge in [-0.1, -0.05) is 125 Å². The van der Waals surface area contributed by atoms with E-state index in [1.54, 1.807) is 12.1 Å². The Bertz CT molecular complexity index is 2310. The van der Waals surface area contributed by atoms with Crippen LogP contribution in [0.15, 0.2) is 121 Å². The van der Waals surface area contributed by atoms with Crippen molar-refractivity contribution in [2.24, 2.45) is 11.8 Å². The summed E-state index contributed by atoms with van der Waals surface area (Å²) in [6, 6.07) is 34.9. The van der Waals surface area contributed by atoms with E-state index < -0.39 is 26.2 Å². The Morgan fingerprint density at radius 2 is 1.30 bits per heavy atom. The van der Waals surface area contributed by atoms with Crippen LogP contribution in [-0.2, 0) is 52.2 Å². The van der Waals surface area contributed by atoms with Gasteiger partial charge in [-0.2, -0.15) is 0 Å². The van der Waals surface area contributed by atoms with Gasteiger partial charge in [-0.05, 0) is 78.1 Å². The number of rotatable bonds is 23. The molecule has 0 aliphatic rings. The molecular formula is C51H64N5O9P. The Labute approximate surface area is 389 Å². The van der Waals surface area contributed by atoms with Gasteiger partial charge < -0.3 is 25.0 Å². The van der Waals surface area contributed by atoms with Gasteiger partial charge in [0, 0.05) is 44.5 Å². The molecule has 5 rings (SSSR count). The number of hydrogen-bond donors (Lipinski definition) is 2. The van der Waals surface area contributed by atoms with Gasteiger partial charge in [-0.15, -0.1) is 0 Å². The summed E-state index contributed by atoms with van der Waals surface area (Å²) in [5.74, 6) is 0.0451. The van der Waals surface area contributed by atoms with Crippen molar-refractivity contribution in [1.29, 1.82) is 0 Å². The second kappa shape index (κ2) is 25.0. The molecule has 5 aromatic rings. The predicted octanol–water partition coefficient (Wildman–Crippen LogP) is 12.3. The summed E-state index contributed by atoms with van der Waals surface area (Å²) in [4.78, 5) is 48.1. The van der Waals surface area contributed by atoms with E-state index in [2.05, 4.69) is 48.2 Å². The van der Waals surface area contributed by atoms with E-state index in [4.69, 9.17) is 23.0 Å². The van der Waals surface area contributed by atoms with Crippen LogP contribution in [0.3, 0.4) is 0 Å². The van der Waals surface area contributed by atoms with Gasteiger partial charge >= 0.3 is 25.9 Å². The number of phosphoric acid groups is 1. The van der Waals surface area contributed by atoms with Crippen LogP contribution >= 0.6 is 7.82 Å². The summed E-state index contributed by atoms with van der Waals surface area (Å²) >= 11 is 0. The first kappa shape index (κ1) is 50.9. The molecule has 0 saturated carbocycles. The van der Waals surface area contributed by atoms with E-state index >= 15 is 0 Å². The van der Waals surface area contributed by atoms with Gasteiger partial charge in [0.1, 0.15) is 5.82 Å². The molecule has 1 heterocycles. The fourth-order valence-corrected chi connectivity index (χ4v) is 8.22. The number of hydrogen-bond acceptors (Lipinski definition) is 11. The highest BCUT2D eigenvalue weighted by Gasteiger charge is 2.30. The van der Waals surface area contributed by atoms with Crippen molar-refractivity contribution in [3.8, 4) is 0 Å². The molecule has 0 spiro atoms. The SMILES string of the molecule is CCC(CC(=O)OC(C)OC(=O)N(C)c1ncccc1COP(=O)(OCc1ccccc1)OCc1ccccc1)c1ccc(N(CC(C)C)CC(C)C)c(NC(=O)Nc2ccc(C)cc2)c1. The average molecular weight is 922 g/mol. The maximum atomic E-state index is 14.0. The molecule has 1 aromatic heterocycles. The first-order valence-electron chi connectivity index (χ1n) is 22.3. The largest absolute Gasteiger partial charge is 0.475 e. The first-order chi connectivity index (χ1) is 31.6. The van der Waals surface area contributed by atoms with E-state index in [0.717, 1.165) is 45.9 Å². The van der Waals surface area contributed by atoms with Crippen LogP contribution in [0.25, 0.3) is 0 Å². The van der Waals surface area contributed by atoms with Crippen molar-refractivity contribution in [2.45, 2.75) is 93.3 Å². The number of urea groups is 1. The van der Waals surface area contributed by atoms with Gasteiger partial charge in [0.15, 0.2) is 0 Å². The van der Waals surface area contributed by atoms with E-state index in [1.807, 2.05) is 117 Å². The number of aromatic nitrogens is 1. The third-order valence-corrected chi connectivity index (χ3v) is 11.7. The summed E-state index contributed by atoms with van der Waals surface area (Å²) in [7, 11) is -2.70. The highest BCUT2D eigenvalue weighted by Crippen LogP contribution is 2.52. The Morgan fingerprint density at radius 1 is 0.712 bits per heavy atom. The molecule has 352 valence electrons. The van der Waals surface area contributed by atoms with Crippen LogP contribution in [-0.4, -0.2) is 49.5 Å². The molecule has 0 aliphatic heterocycles. The van der Waals surface area contributed by atoms with Crippen molar-refractivity contribution in [1.82, 2.24) is 4.98 Å². The molecule has 2 N–H and O–H groups in total. The second-order valence-electron chi connectivity index (χ2n) is 16.9. The third kappa shape index (κ3) is 16.1. The smallest absolute Gasteiger partial charge is 0.425 e. The summed E-state index contributed by atoms with van der Waals surface area (Å²) in [5.41, 5.74) is 6.03. The summed E-state index contributed by atoms with van der Waals surface area (Å²) in [6.07, 6.45) is -0.0330. The van der Waals surface area contributed by atoms with E-state index in [0.29, 0.717) is 35.2 Å². The first-order valence-corrected chi connectivity index (χ1v) is 23.8. The van der Waals surface area contributed by atoms with Crippen LogP contribution in [0.5, 0.6) is 0 Å². The minimum absolute atomic E-state index is 0.00917. The van der Waals surface area contributed by atoms with E-state index in [1.165, 1.54) is 20.2 Å². The number of ether oxygens (including phenoxy) is 2. The number of benzene rings is 4. The zero-order chi connectivity index (χ0) is 47.6. The minimum atomic E-state index is -4.15. The number of esters is 1. The van der Waals surface area contributed by atoms with Gasteiger partial charge in [-0.25, -0.2) is 19.1 Å². The fraction of sp³-hybridized carbons (Fsp3) is 0.373. The lowest BCUT2D eigenvalue weighted by atomic mass is 9.92. The van der Waals surface area contributed by atoms with Gasteiger partial charge in [0.25, 0.3) is 0 Å². The molecule has 14 nitrogen and oxygen atoms in total. The zero-order valence-electron chi connectivity index (χ0n) is 39.3. The Balaban J connectivity index is 1.23. The molecule has 4 aromatic carbocycles. The van der Waals surface area contributed by atoms with Crippen LogP contribution < -0.4 is 20.4 Å². The molecule has 3 amide bonds. The molecule has 0 aliphatic carbocycles. The molecule has 0 fully saturated rings. The predicted molar refractivity (Wildman–Crippen MR) is 259 cm³/mol. The van der Waals surface area contributed by atoms with Crippen molar-refractivity contribution >= 4 is 48.8 Å². The molecule has 0 bridgehead atoms. The highest BCUT2D eigenvalue weighted by atomic mass is 31.2. The average Bonchev–Trinajstić information content (AvgIpc) is 3.29. The molecule has 2 unspecified atom stereocenters. The number of aryl methyl sites for hydroxylation is 1. The third-order valence-electron chi connectivity index (χ3n) is 10.3. The Hall–Kier alpha value is -6.05. The molecule has 15 heteroatoms. The summed E-state index contributed by atoms with van der Waals surface area (Å²) in [5, 5.41) is 6.02. The summed E-state index contributed by atoms with van der Waals surface area (Å²) in [6.45, 7) is 15.3. The van der Waals surface area contributed by atoms with Crippen LogP contribution in [0, 0.1) is 18.8 Å². The highest BCUT2D eigenvalue weighted by molar-refractivity contribution is 7.48. The van der Waals surface area contributed by atoms with E-state index in [9.17, 15) is 18.9 Å². The lowest BCUT2D eigenvalue weighted by Crippen LogP contribution is -2.33. The molecule has 0 radical (unpaired) electrons. The topological polar surface area (TPSA) is 158 Å².